The lowest BCUT2D eigenvalue weighted by atomic mass is 9.99. The molecule has 1 fully saturated rings. The molecule has 19 heavy (non-hydrogen) atoms. The van der Waals surface area contributed by atoms with Crippen molar-refractivity contribution in [3.05, 3.63) is 33.9 Å². The van der Waals surface area contributed by atoms with E-state index in [1.54, 1.807) is 0 Å². The molecule has 1 aromatic heterocycles. The highest BCUT2D eigenvalue weighted by molar-refractivity contribution is 9.10. The number of nitrogens with zero attached hydrogens (tertiary/aromatic N) is 1. The summed E-state index contributed by atoms with van der Waals surface area (Å²) < 4.78 is 2.39. The van der Waals surface area contributed by atoms with Gasteiger partial charge >= 0.3 is 6.09 Å². The molecule has 3 heterocycles. The van der Waals surface area contributed by atoms with Gasteiger partial charge in [0.05, 0.1) is 5.52 Å². The van der Waals surface area contributed by atoms with Crippen molar-refractivity contribution in [2.75, 3.05) is 0 Å². The van der Waals surface area contributed by atoms with E-state index < -0.39 is 6.09 Å². The van der Waals surface area contributed by atoms with Gasteiger partial charge in [0.2, 0.25) is 0 Å². The van der Waals surface area contributed by atoms with Crippen molar-refractivity contribution in [1.82, 2.24) is 9.88 Å². The van der Waals surface area contributed by atoms with E-state index in [1.807, 2.05) is 18.2 Å². The maximum atomic E-state index is 11.6. The highest BCUT2D eigenvalue weighted by Crippen LogP contribution is 2.42. The van der Waals surface area contributed by atoms with Crippen molar-refractivity contribution in [2.45, 2.75) is 31.3 Å². The number of benzene rings is 1. The third kappa shape index (κ3) is 1.51. The highest BCUT2D eigenvalue weighted by Gasteiger charge is 2.37. The second-order valence-electron chi connectivity index (χ2n) is 5.34. The van der Waals surface area contributed by atoms with E-state index in [-0.39, 0.29) is 0 Å². The van der Waals surface area contributed by atoms with E-state index in [2.05, 4.69) is 21.2 Å². The molecule has 2 unspecified atom stereocenters. The molecule has 2 N–H and O–H groups in total. The van der Waals surface area contributed by atoms with Gasteiger partial charge in [-0.2, -0.15) is 0 Å². The van der Waals surface area contributed by atoms with Crippen LogP contribution in [0.15, 0.2) is 22.7 Å². The number of halogens is 1. The quantitative estimate of drug-likeness (QED) is 0.783. The molecule has 0 amide bonds. The Labute approximate surface area is 118 Å². The normalized spacial score (nSPS) is 24.7. The third-order valence-electron chi connectivity index (χ3n) is 4.29. The van der Waals surface area contributed by atoms with Gasteiger partial charge in [-0.1, -0.05) is 22.0 Å². The number of carboxylic acid groups (broad SMARTS) is 1. The van der Waals surface area contributed by atoms with Crippen LogP contribution in [0.5, 0.6) is 0 Å². The van der Waals surface area contributed by atoms with Gasteiger partial charge in [0.15, 0.2) is 0 Å². The van der Waals surface area contributed by atoms with Crippen molar-refractivity contribution in [2.24, 2.45) is 0 Å². The molecule has 2 aromatic rings. The predicted octanol–water partition coefficient (Wildman–Crippen LogP) is 3.28. The topological polar surface area (TPSA) is 54.3 Å². The van der Waals surface area contributed by atoms with E-state index in [0.29, 0.717) is 12.1 Å². The Morgan fingerprint density at radius 2 is 2.26 bits per heavy atom. The number of hydrogen-bond donors (Lipinski definition) is 2. The average Bonchev–Trinajstić information content (AvgIpc) is 2.88. The number of nitrogens with one attached hydrogen (secondary N) is 1. The van der Waals surface area contributed by atoms with Crippen molar-refractivity contribution in [3.8, 4) is 0 Å². The molecule has 2 atom stereocenters. The molecular formula is C14H13BrN2O2. The third-order valence-corrected chi connectivity index (χ3v) is 4.79. The fraction of sp³-hybridized carbons (Fsp3) is 0.357. The molecule has 2 aliphatic heterocycles. The van der Waals surface area contributed by atoms with Crippen LogP contribution < -0.4 is 5.32 Å². The number of rotatable bonds is 0. The summed E-state index contributed by atoms with van der Waals surface area (Å²) in [6.45, 7) is 0. The van der Waals surface area contributed by atoms with Crippen LogP contribution in [-0.2, 0) is 6.42 Å². The smallest absolute Gasteiger partial charge is 0.416 e. The van der Waals surface area contributed by atoms with Crippen molar-refractivity contribution in [1.29, 1.82) is 0 Å². The summed E-state index contributed by atoms with van der Waals surface area (Å²) in [5, 5.41) is 14.2. The van der Waals surface area contributed by atoms with Crippen LogP contribution >= 0.6 is 15.9 Å². The monoisotopic (exact) mass is 320 g/mol. The number of hydrogen-bond acceptors (Lipinski definition) is 2. The molecule has 0 aliphatic carbocycles. The van der Waals surface area contributed by atoms with Gasteiger partial charge < -0.3 is 10.4 Å². The Bertz CT molecular complexity index is 707. The first-order valence-corrected chi connectivity index (χ1v) is 7.26. The van der Waals surface area contributed by atoms with E-state index in [4.69, 9.17) is 0 Å². The summed E-state index contributed by atoms with van der Waals surface area (Å²) in [4.78, 5) is 11.6. The van der Waals surface area contributed by atoms with Gasteiger partial charge in [0, 0.05) is 34.1 Å². The molecule has 1 aromatic carbocycles. The highest BCUT2D eigenvalue weighted by atomic mass is 79.9. The van der Waals surface area contributed by atoms with Gasteiger partial charge in [-0.25, -0.2) is 9.36 Å². The van der Waals surface area contributed by atoms with Crippen LogP contribution in [0.25, 0.3) is 10.9 Å². The summed E-state index contributed by atoms with van der Waals surface area (Å²) in [5.41, 5.74) is 2.96. The lowest BCUT2D eigenvalue weighted by Crippen LogP contribution is -2.33. The van der Waals surface area contributed by atoms with E-state index >= 15 is 0 Å². The zero-order valence-corrected chi connectivity index (χ0v) is 11.8. The minimum absolute atomic E-state index is 0.318. The number of carbonyl (C=O) groups is 1. The first-order chi connectivity index (χ1) is 9.15. The van der Waals surface area contributed by atoms with Crippen LogP contribution in [0.4, 0.5) is 4.79 Å². The van der Waals surface area contributed by atoms with Gasteiger partial charge in [-0.3, -0.25) is 0 Å². The fourth-order valence-corrected chi connectivity index (χ4v) is 3.94. The molecule has 4 rings (SSSR count). The lowest BCUT2D eigenvalue weighted by Gasteiger charge is -2.22. The molecule has 2 aliphatic rings. The van der Waals surface area contributed by atoms with E-state index in [0.717, 1.165) is 40.3 Å². The molecule has 2 bridgehead atoms. The Morgan fingerprint density at radius 1 is 1.42 bits per heavy atom. The minimum Gasteiger partial charge on any atom is -0.464 e. The average molecular weight is 321 g/mol. The predicted molar refractivity (Wildman–Crippen MR) is 75.7 cm³/mol. The number of aromatic nitrogens is 1. The Hall–Kier alpha value is -1.33. The Morgan fingerprint density at radius 3 is 3.05 bits per heavy atom. The van der Waals surface area contributed by atoms with Crippen molar-refractivity contribution >= 4 is 32.9 Å². The minimum atomic E-state index is -0.884. The van der Waals surface area contributed by atoms with E-state index in [1.165, 1.54) is 10.1 Å². The lowest BCUT2D eigenvalue weighted by molar-refractivity contribution is 0.196. The summed E-state index contributed by atoms with van der Waals surface area (Å²) in [5.74, 6) is 0. The van der Waals surface area contributed by atoms with Crippen LogP contribution in [0.3, 0.4) is 0 Å². The Kier molecular flexibility index (Phi) is 2.32. The maximum Gasteiger partial charge on any atom is 0.416 e. The fourth-order valence-electron chi connectivity index (χ4n) is 3.59. The largest absolute Gasteiger partial charge is 0.464 e. The SMILES string of the molecule is O=C(O)n1c2c(c3ccc(Br)cc31)C1CCC(C2)N1. The van der Waals surface area contributed by atoms with Crippen LogP contribution in [0.1, 0.15) is 30.1 Å². The van der Waals surface area contributed by atoms with Crippen LogP contribution in [0.2, 0.25) is 0 Å². The van der Waals surface area contributed by atoms with Gasteiger partial charge in [0.25, 0.3) is 0 Å². The van der Waals surface area contributed by atoms with Crippen molar-refractivity contribution < 1.29 is 9.90 Å². The molecule has 0 radical (unpaired) electrons. The molecule has 5 heteroatoms. The summed E-state index contributed by atoms with van der Waals surface area (Å²) in [6, 6.07) is 6.66. The summed E-state index contributed by atoms with van der Waals surface area (Å²) in [6.07, 6.45) is 2.17. The first kappa shape index (κ1) is 11.5. The molecule has 0 saturated carbocycles. The number of fused-ring (bicyclic) bond motifs is 6. The van der Waals surface area contributed by atoms with Crippen LogP contribution in [-0.4, -0.2) is 21.8 Å². The molecule has 0 spiro atoms. The standard InChI is InChI=1S/C14H13BrN2O2/c15-7-1-3-9-11(5-7)17(14(18)19)12-6-8-2-4-10(16-8)13(9)12/h1,3,5,8,10,16H,2,4,6H2,(H,18,19). The molecule has 1 saturated heterocycles. The van der Waals surface area contributed by atoms with Gasteiger partial charge in [-0.05, 0) is 30.5 Å². The summed E-state index contributed by atoms with van der Waals surface area (Å²) in [7, 11) is 0. The van der Waals surface area contributed by atoms with Crippen molar-refractivity contribution in [3.63, 3.8) is 0 Å². The van der Waals surface area contributed by atoms with E-state index in [9.17, 15) is 9.90 Å². The van der Waals surface area contributed by atoms with Gasteiger partial charge in [-0.15, -0.1) is 0 Å². The second kappa shape index (κ2) is 3.84. The molecule has 4 nitrogen and oxygen atoms in total. The summed E-state index contributed by atoms with van der Waals surface area (Å²) >= 11 is 3.43. The Balaban J connectivity index is 2.10. The maximum absolute atomic E-state index is 11.6. The molecule has 98 valence electrons. The zero-order valence-electron chi connectivity index (χ0n) is 10.2. The second-order valence-corrected chi connectivity index (χ2v) is 6.25. The first-order valence-electron chi connectivity index (χ1n) is 6.47. The van der Waals surface area contributed by atoms with Gasteiger partial charge in [0.1, 0.15) is 0 Å². The molecular weight excluding hydrogens is 308 g/mol. The zero-order chi connectivity index (χ0) is 13.1. The van der Waals surface area contributed by atoms with Crippen LogP contribution in [0, 0.1) is 0 Å².